The van der Waals surface area contributed by atoms with Crippen LogP contribution in [0.3, 0.4) is 0 Å². The number of anilines is 2. The zero-order valence-corrected chi connectivity index (χ0v) is 18.1. The quantitative estimate of drug-likeness (QED) is 0.532. The lowest BCUT2D eigenvalue weighted by Crippen LogP contribution is -2.34. The second-order valence-corrected chi connectivity index (χ2v) is 8.21. The molecule has 3 N–H and O–H groups in total. The topological polar surface area (TPSA) is 117 Å². The van der Waals surface area contributed by atoms with Gasteiger partial charge in [-0.05, 0) is 61.9 Å². The highest BCUT2D eigenvalue weighted by Gasteiger charge is 2.38. The first kappa shape index (κ1) is 21.7. The smallest absolute Gasteiger partial charge is 0.306 e. The fraction of sp³-hybridized carbons (Fsp3) is 0.333. The predicted molar refractivity (Wildman–Crippen MR) is 120 cm³/mol. The molecule has 3 aromatic rings. The minimum atomic E-state index is -1.08. The molecule has 8 heteroatoms. The van der Waals surface area contributed by atoms with Crippen molar-refractivity contribution in [2.45, 2.75) is 38.2 Å². The van der Waals surface area contributed by atoms with E-state index in [9.17, 15) is 15.0 Å². The van der Waals surface area contributed by atoms with E-state index < -0.39 is 11.6 Å². The van der Waals surface area contributed by atoms with Gasteiger partial charge in [-0.25, -0.2) is 4.98 Å². The fourth-order valence-corrected chi connectivity index (χ4v) is 4.11. The van der Waals surface area contributed by atoms with Crippen molar-refractivity contribution in [1.82, 2.24) is 15.0 Å². The van der Waals surface area contributed by atoms with Gasteiger partial charge in [-0.1, -0.05) is 12.1 Å². The molecule has 0 amide bonds. The minimum absolute atomic E-state index is 0.388. The zero-order valence-electron chi connectivity index (χ0n) is 18.1. The number of carbonyl (C=O) groups is 1. The molecule has 1 aromatic carbocycles. The molecule has 1 fully saturated rings. The Hall–Kier alpha value is -3.52. The summed E-state index contributed by atoms with van der Waals surface area (Å²) < 4.78 is 5.15. The van der Waals surface area contributed by atoms with Gasteiger partial charge in [0.1, 0.15) is 5.60 Å². The number of rotatable bonds is 6. The molecule has 2 aromatic heterocycles. The fourth-order valence-electron chi connectivity index (χ4n) is 4.11. The number of benzene rings is 1. The van der Waals surface area contributed by atoms with E-state index >= 15 is 0 Å². The van der Waals surface area contributed by atoms with Gasteiger partial charge in [0, 0.05) is 29.7 Å². The molecule has 0 radical (unpaired) electrons. The molecular formula is C24H26N4O4. The summed E-state index contributed by atoms with van der Waals surface area (Å²) in [6.07, 6.45) is 5.08. The van der Waals surface area contributed by atoms with Crippen molar-refractivity contribution in [3.8, 4) is 17.0 Å². The van der Waals surface area contributed by atoms with Gasteiger partial charge in [0.15, 0.2) is 0 Å². The van der Waals surface area contributed by atoms with Crippen LogP contribution in [0.4, 0.5) is 11.6 Å². The van der Waals surface area contributed by atoms with Gasteiger partial charge < -0.3 is 20.3 Å². The van der Waals surface area contributed by atoms with E-state index in [2.05, 4.69) is 26.3 Å². The largest absolute Gasteiger partial charge is 0.481 e. The number of nitrogens with one attached hydrogen (secondary N) is 1. The first-order chi connectivity index (χ1) is 15.4. The highest BCUT2D eigenvalue weighted by molar-refractivity contribution is 5.71. The summed E-state index contributed by atoms with van der Waals surface area (Å²) in [6.45, 7) is 2.01. The van der Waals surface area contributed by atoms with Crippen LogP contribution in [-0.4, -0.2) is 38.2 Å². The maximum atomic E-state index is 11.2. The zero-order chi connectivity index (χ0) is 22.7. The molecular weight excluding hydrogens is 408 g/mol. The summed E-state index contributed by atoms with van der Waals surface area (Å²) in [4.78, 5) is 24.2. The Bertz CT molecular complexity index is 1110. The number of hydrogen-bond acceptors (Lipinski definition) is 7. The van der Waals surface area contributed by atoms with Gasteiger partial charge in [0.25, 0.3) is 0 Å². The maximum absolute atomic E-state index is 11.2. The average molecular weight is 434 g/mol. The van der Waals surface area contributed by atoms with Gasteiger partial charge in [-0.3, -0.25) is 9.78 Å². The van der Waals surface area contributed by atoms with Gasteiger partial charge in [0.2, 0.25) is 11.8 Å². The number of aliphatic carboxylic acids is 1. The third-order valence-corrected chi connectivity index (χ3v) is 5.91. The van der Waals surface area contributed by atoms with E-state index in [1.165, 1.54) is 0 Å². The van der Waals surface area contributed by atoms with Gasteiger partial charge in [-0.2, -0.15) is 4.98 Å². The van der Waals surface area contributed by atoms with Crippen molar-refractivity contribution in [2.24, 2.45) is 5.92 Å². The van der Waals surface area contributed by atoms with E-state index in [1.54, 1.807) is 25.6 Å². The van der Waals surface area contributed by atoms with Crippen LogP contribution in [-0.2, 0) is 10.4 Å². The van der Waals surface area contributed by atoms with Gasteiger partial charge in [-0.15, -0.1) is 0 Å². The van der Waals surface area contributed by atoms with Crippen LogP contribution in [0.25, 0.3) is 11.1 Å². The Morgan fingerprint density at radius 3 is 2.56 bits per heavy atom. The number of aliphatic hydroxyl groups is 1. The van der Waals surface area contributed by atoms with Crippen molar-refractivity contribution in [1.29, 1.82) is 0 Å². The average Bonchev–Trinajstić information content (AvgIpc) is 2.79. The summed E-state index contributed by atoms with van der Waals surface area (Å²) in [6, 6.07) is 11.5. The molecule has 2 heterocycles. The second kappa shape index (κ2) is 8.92. The van der Waals surface area contributed by atoms with Crippen LogP contribution in [0.1, 0.15) is 36.9 Å². The SMILES string of the molecule is COc1ccnc(Nc2cc(C)cc(-c3ccc([C@]4(O)CC[C@@H](C(=O)O)CC4)nc3)c2)n1. The van der Waals surface area contributed by atoms with Gasteiger partial charge in [0.05, 0.1) is 18.7 Å². The number of pyridine rings is 1. The summed E-state index contributed by atoms with van der Waals surface area (Å²) in [5.74, 6) is -0.265. The number of ether oxygens (including phenoxy) is 1. The molecule has 8 nitrogen and oxygen atoms in total. The normalized spacial score (nSPS) is 20.5. The Labute approximate surface area is 186 Å². The molecule has 0 saturated heterocycles. The Balaban J connectivity index is 1.53. The lowest BCUT2D eigenvalue weighted by atomic mass is 9.77. The van der Waals surface area contributed by atoms with E-state index in [1.807, 2.05) is 31.2 Å². The highest BCUT2D eigenvalue weighted by atomic mass is 16.5. The molecule has 4 rings (SSSR count). The number of aryl methyl sites for hydroxylation is 1. The number of carboxylic acids is 1. The lowest BCUT2D eigenvalue weighted by molar-refractivity contribution is -0.145. The van der Waals surface area contributed by atoms with Crippen molar-refractivity contribution < 1.29 is 19.7 Å². The van der Waals surface area contributed by atoms with Crippen molar-refractivity contribution in [2.75, 3.05) is 12.4 Å². The summed E-state index contributed by atoms with van der Waals surface area (Å²) in [5.41, 5.74) is 3.28. The monoisotopic (exact) mass is 434 g/mol. The molecule has 1 aliphatic carbocycles. The summed E-state index contributed by atoms with van der Waals surface area (Å²) in [7, 11) is 1.56. The molecule has 0 aliphatic heterocycles. The number of nitrogens with zero attached hydrogens (tertiary/aromatic N) is 3. The number of carboxylic acid groups (broad SMARTS) is 1. The third-order valence-electron chi connectivity index (χ3n) is 5.91. The van der Waals surface area contributed by atoms with E-state index in [0.717, 1.165) is 22.4 Å². The van der Waals surface area contributed by atoms with Crippen LogP contribution < -0.4 is 10.1 Å². The molecule has 0 spiro atoms. The number of methoxy groups -OCH3 is 1. The number of hydrogen-bond donors (Lipinski definition) is 3. The van der Waals surface area contributed by atoms with Crippen molar-refractivity contribution >= 4 is 17.6 Å². The molecule has 0 atom stereocenters. The van der Waals surface area contributed by atoms with E-state index in [0.29, 0.717) is 43.2 Å². The van der Waals surface area contributed by atoms with Crippen LogP contribution in [0.2, 0.25) is 0 Å². The molecule has 32 heavy (non-hydrogen) atoms. The molecule has 166 valence electrons. The first-order valence-electron chi connectivity index (χ1n) is 10.5. The predicted octanol–water partition coefficient (Wildman–Crippen LogP) is 4.06. The molecule has 1 aliphatic rings. The van der Waals surface area contributed by atoms with Crippen LogP contribution in [0, 0.1) is 12.8 Å². The lowest BCUT2D eigenvalue weighted by Gasteiger charge is -2.34. The summed E-state index contributed by atoms with van der Waals surface area (Å²) >= 11 is 0. The first-order valence-corrected chi connectivity index (χ1v) is 10.5. The van der Waals surface area contributed by atoms with Crippen LogP contribution in [0.5, 0.6) is 5.88 Å². The van der Waals surface area contributed by atoms with Crippen LogP contribution >= 0.6 is 0 Å². The molecule has 0 unspecified atom stereocenters. The van der Waals surface area contributed by atoms with Crippen LogP contribution in [0.15, 0.2) is 48.8 Å². The molecule has 0 bridgehead atoms. The Morgan fingerprint density at radius 1 is 1.12 bits per heavy atom. The van der Waals surface area contributed by atoms with Gasteiger partial charge >= 0.3 is 5.97 Å². The van der Waals surface area contributed by atoms with E-state index in [-0.39, 0.29) is 5.92 Å². The Morgan fingerprint density at radius 2 is 1.91 bits per heavy atom. The third kappa shape index (κ3) is 4.70. The second-order valence-electron chi connectivity index (χ2n) is 8.21. The number of aromatic nitrogens is 3. The van der Waals surface area contributed by atoms with Crippen molar-refractivity contribution in [3.05, 3.63) is 60.0 Å². The maximum Gasteiger partial charge on any atom is 0.306 e. The minimum Gasteiger partial charge on any atom is -0.481 e. The molecule has 1 saturated carbocycles. The summed E-state index contributed by atoms with van der Waals surface area (Å²) in [5, 5.41) is 23.4. The van der Waals surface area contributed by atoms with E-state index in [4.69, 9.17) is 4.74 Å². The standard InChI is InChI=1S/C24H26N4O4/c1-15-11-18(13-19(12-15)27-23-25-10-7-21(28-23)32-2)17-3-4-20(26-14-17)24(31)8-5-16(6-9-24)22(29)30/h3-4,7,10-14,16,31H,5-6,8-9H2,1-2H3,(H,29,30)(H,25,27,28)/t16-,24+. The Kier molecular flexibility index (Phi) is 6.05. The highest BCUT2D eigenvalue weighted by Crippen LogP contribution is 2.39. The van der Waals surface area contributed by atoms with Crippen molar-refractivity contribution in [3.63, 3.8) is 0 Å².